The van der Waals surface area contributed by atoms with E-state index in [1.54, 1.807) is 0 Å². The van der Waals surface area contributed by atoms with Crippen molar-refractivity contribution in [3.63, 3.8) is 0 Å². The second kappa shape index (κ2) is 6.95. The first-order valence-corrected chi connectivity index (χ1v) is 13.8. The van der Waals surface area contributed by atoms with E-state index in [4.69, 9.17) is 9.47 Å². The maximum atomic E-state index is 11.9. The fourth-order valence-corrected chi connectivity index (χ4v) is 10.7. The summed E-state index contributed by atoms with van der Waals surface area (Å²) in [6, 6.07) is 0. The van der Waals surface area contributed by atoms with Gasteiger partial charge in [-0.15, -0.1) is 0 Å². The maximum Gasteiger partial charge on any atom is 0.171 e. The molecule has 6 aliphatic rings. The summed E-state index contributed by atoms with van der Waals surface area (Å²) in [4.78, 5) is 0. The molecule has 0 aromatic carbocycles. The van der Waals surface area contributed by atoms with Crippen LogP contribution >= 0.6 is 0 Å². The Morgan fingerprint density at radius 1 is 0.906 bits per heavy atom. The molecule has 2 saturated heterocycles. The maximum absolute atomic E-state index is 11.9. The van der Waals surface area contributed by atoms with Crippen LogP contribution in [0.2, 0.25) is 0 Å². The van der Waals surface area contributed by atoms with Crippen LogP contribution < -0.4 is 0 Å². The lowest BCUT2D eigenvalue weighted by atomic mass is 9.41. The van der Waals surface area contributed by atoms with Gasteiger partial charge in [0, 0.05) is 18.8 Å². The predicted molar refractivity (Wildman–Crippen MR) is 124 cm³/mol. The summed E-state index contributed by atoms with van der Waals surface area (Å²) in [6.45, 7) is 12.8. The van der Waals surface area contributed by atoms with Crippen molar-refractivity contribution in [2.75, 3.05) is 6.61 Å². The molecular formula is C28H46O4. The summed E-state index contributed by atoms with van der Waals surface area (Å²) in [5.41, 5.74) is -0.459. The number of aliphatic hydroxyl groups excluding tert-OH is 1. The summed E-state index contributed by atoms with van der Waals surface area (Å²) < 4.78 is 13.4. The smallest absolute Gasteiger partial charge is 0.171 e. The van der Waals surface area contributed by atoms with Gasteiger partial charge in [0.2, 0.25) is 0 Å². The zero-order valence-electron chi connectivity index (χ0n) is 21.0. The molecule has 2 aliphatic heterocycles. The van der Waals surface area contributed by atoms with E-state index in [1.807, 2.05) is 0 Å². The van der Waals surface area contributed by atoms with Crippen LogP contribution in [0.4, 0.5) is 0 Å². The first-order chi connectivity index (χ1) is 15.0. The minimum absolute atomic E-state index is 0.0656. The number of rotatable bonds is 0. The number of hydrogen-bond acceptors (Lipinski definition) is 4. The molecule has 6 rings (SSSR count). The van der Waals surface area contributed by atoms with Gasteiger partial charge in [0.05, 0.1) is 24.4 Å². The van der Waals surface area contributed by atoms with Gasteiger partial charge in [-0.3, -0.25) is 0 Å². The molecular weight excluding hydrogens is 400 g/mol. The third-order valence-electron chi connectivity index (χ3n) is 12.5. The Labute approximate surface area is 194 Å². The number of aliphatic hydroxyl groups is 2. The predicted octanol–water partition coefficient (Wildman–Crippen LogP) is 5.15. The molecule has 4 saturated carbocycles. The van der Waals surface area contributed by atoms with Crippen LogP contribution in [-0.2, 0) is 9.47 Å². The molecule has 0 bridgehead atoms. The van der Waals surface area contributed by atoms with Gasteiger partial charge in [-0.2, -0.15) is 0 Å². The molecule has 0 amide bonds. The normalized spacial score (nSPS) is 64.0. The highest BCUT2D eigenvalue weighted by Crippen LogP contribution is 2.72. The van der Waals surface area contributed by atoms with Crippen molar-refractivity contribution >= 4 is 0 Å². The summed E-state index contributed by atoms with van der Waals surface area (Å²) in [6.07, 6.45) is 9.42. The van der Waals surface area contributed by atoms with E-state index >= 15 is 0 Å². The summed E-state index contributed by atoms with van der Waals surface area (Å²) >= 11 is 0. The first kappa shape index (κ1) is 22.3. The molecule has 32 heavy (non-hydrogen) atoms. The van der Waals surface area contributed by atoms with Gasteiger partial charge in [0.25, 0.3) is 0 Å². The molecule has 4 aliphatic carbocycles. The van der Waals surface area contributed by atoms with Gasteiger partial charge in [0.15, 0.2) is 5.79 Å². The Kier molecular flexibility index (Phi) is 4.85. The van der Waals surface area contributed by atoms with E-state index < -0.39 is 5.60 Å². The van der Waals surface area contributed by atoms with Crippen LogP contribution in [0, 0.1) is 52.3 Å². The fraction of sp³-hybridized carbons (Fsp3) is 1.00. The van der Waals surface area contributed by atoms with Gasteiger partial charge in [-0.25, -0.2) is 0 Å². The molecule has 0 aromatic rings. The molecule has 6 fully saturated rings. The SMILES string of the molecule is C[C@@H]1CC[C@@]2(OC1)O[C@H]1C[C@H]3[C@@H]4C[C@H](C)[C@@]5(O)C[C@@H](O)CC[C@]5(C)[C@H]4CC[C@]3(C)[C@H]1[C@H]2C. The fourth-order valence-electron chi connectivity index (χ4n) is 10.7. The van der Waals surface area contributed by atoms with Crippen molar-refractivity contribution in [3.05, 3.63) is 0 Å². The number of ether oxygens (including phenoxy) is 2. The van der Waals surface area contributed by atoms with E-state index in [0.717, 1.165) is 32.3 Å². The highest BCUT2D eigenvalue weighted by molar-refractivity contribution is 5.19. The molecule has 182 valence electrons. The average molecular weight is 447 g/mol. The van der Waals surface area contributed by atoms with E-state index in [0.29, 0.717) is 53.4 Å². The van der Waals surface area contributed by atoms with Crippen molar-refractivity contribution in [1.82, 2.24) is 0 Å². The zero-order chi connectivity index (χ0) is 22.7. The third-order valence-corrected chi connectivity index (χ3v) is 12.5. The van der Waals surface area contributed by atoms with Gasteiger partial charge in [-0.1, -0.05) is 34.6 Å². The number of hydrogen-bond donors (Lipinski definition) is 2. The van der Waals surface area contributed by atoms with E-state index in [2.05, 4.69) is 34.6 Å². The van der Waals surface area contributed by atoms with Crippen LogP contribution in [0.15, 0.2) is 0 Å². The molecule has 0 unspecified atom stereocenters. The van der Waals surface area contributed by atoms with Crippen molar-refractivity contribution in [2.24, 2.45) is 52.3 Å². The van der Waals surface area contributed by atoms with Crippen molar-refractivity contribution < 1.29 is 19.7 Å². The molecule has 13 atom stereocenters. The molecule has 2 heterocycles. The Hall–Kier alpha value is -0.160. The highest BCUT2D eigenvalue weighted by Gasteiger charge is 2.71. The summed E-state index contributed by atoms with van der Waals surface area (Å²) in [5.74, 6) is 3.56. The minimum Gasteiger partial charge on any atom is -0.393 e. The van der Waals surface area contributed by atoms with Gasteiger partial charge >= 0.3 is 0 Å². The second-order valence-electron chi connectivity index (χ2n) is 13.8. The number of fused-ring (bicyclic) bond motifs is 7. The highest BCUT2D eigenvalue weighted by atomic mass is 16.7. The van der Waals surface area contributed by atoms with Crippen LogP contribution in [-0.4, -0.2) is 40.4 Å². The molecule has 0 radical (unpaired) electrons. The van der Waals surface area contributed by atoms with Crippen molar-refractivity contribution in [1.29, 1.82) is 0 Å². The van der Waals surface area contributed by atoms with Gasteiger partial charge < -0.3 is 19.7 Å². The standard InChI is InChI=1S/C28H46O4/c1-16-6-11-28(31-15-16)18(3)24-23(32-28)13-22-20-12-17(2)27(30)14-19(29)7-10-26(27,5)21(20)8-9-25(22,24)4/h16-24,29-30H,6-15H2,1-5H3/t16-,17+,18-,19+,20-,21+,22+,23+,24+,25+,26-,27+,28-/m1/s1. The van der Waals surface area contributed by atoms with Crippen LogP contribution in [0.5, 0.6) is 0 Å². The van der Waals surface area contributed by atoms with E-state index in [9.17, 15) is 10.2 Å². The quantitative estimate of drug-likeness (QED) is 0.540. The summed E-state index contributed by atoms with van der Waals surface area (Å²) in [7, 11) is 0. The van der Waals surface area contributed by atoms with E-state index in [-0.39, 0.29) is 23.2 Å². The first-order valence-electron chi connectivity index (χ1n) is 13.8. The Balaban J connectivity index is 1.30. The molecule has 4 nitrogen and oxygen atoms in total. The zero-order valence-corrected chi connectivity index (χ0v) is 21.0. The Morgan fingerprint density at radius 2 is 1.69 bits per heavy atom. The van der Waals surface area contributed by atoms with E-state index in [1.165, 1.54) is 25.7 Å². The largest absolute Gasteiger partial charge is 0.393 e. The van der Waals surface area contributed by atoms with Crippen molar-refractivity contribution in [2.45, 2.75) is 116 Å². The van der Waals surface area contributed by atoms with Crippen LogP contribution in [0.3, 0.4) is 0 Å². The second-order valence-corrected chi connectivity index (χ2v) is 13.8. The average Bonchev–Trinajstić information content (AvgIpc) is 3.18. The molecule has 2 N–H and O–H groups in total. The lowest BCUT2D eigenvalue weighted by Gasteiger charge is -2.66. The monoisotopic (exact) mass is 446 g/mol. The Morgan fingerprint density at radius 3 is 2.41 bits per heavy atom. The topological polar surface area (TPSA) is 58.9 Å². The van der Waals surface area contributed by atoms with Crippen LogP contribution in [0.25, 0.3) is 0 Å². The van der Waals surface area contributed by atoms with Crippen molar-refractivity contribution in [3.8, 4) is 0 Å². The van der Waals surface area contributed by atoms with Gasteiger partial charge in [0.1, 0.15) is 0 Å². The molecule has 1 spiro atoms. The third kappa shape index (κ3) is 2.65. The minimum atomic E-state index is -0.714. The lowest BCUT2D eigenvalue weighted by Crippen LogP contribution is -2.66. The molecule has 4 heteroatoms. The lowest BCUT2D eigenvalue weighted by molar-refractivity contribution is -0.276. The van der Waals surface area contributed by atoms with Gasteiger partial charge in [-0.05, 0) is 91.3 Å². The van der Waals surface area contributed by atoms with Crippen LogP contribution in [0.1, 0.15) is 92.4 Å². The summed E-state index contributed by atoms with van der Waals surface area (Å²) in [5, 5.41) is 22.3. The Bertz CT molecular complexity index is 761. The molecule has 0 aromatic heterocycles.